The van der Waals surface area contributed by atoms with Crippen LogP contribution in [-0.2, 0) is 0 Å². The van der Waals surface area contributed by atoms with E-state index in [2.05, 4.69) is 10.1 Å². The molecule has 1 amide bonds. The summed E-state index contributed by atoms with van der Waals surface area (Å²) in [7, 11) is 1.63. The number of carbonyl (C=O) groups excluding carboxylic acids is 1. The average Bonchev–Trinajstić information content (AvgIpc) is 3.48. The third-order valence-corrected chi connectivity index (χ3v) is 5.61. The fourth-order valence-corrected chi connectivity index (χ4v) is 4.06. The van der Waals surface area contributed by atoms with Crippen molar-refractivity contribution >= 4 is 16.7 Å². The number of ether oxygens (including phenoxy) is 1. The van der Waals surface area contributed by atoms with Crippen LogP contribution in [0.4, 0.5) is 0 Å². The summed E-state index contributed by atoms with van der Waals surface area (Å²) in [4.78, 5) is 19.9. The van der Waals surface area contributed by atoms with Gasteiger partial charge in [-0.25, -0.2) is 0 Å². The Morgan fingerprint density at radius 1 is 1.07 bits per heavy atom. The SMILES string of the molecule is COc1ccc(-c2noc(C3CCCN3C(=O)c3cccc4ccccc34)n2)cc1. The third-order valence-electron chi connectivity index (χ3n) is 5.61. The highest BCUT2D eigenvalue weighted by Gasteiger charge is 2.35. The lowest BCUT2D eigenvalue weighted by atomic mass is 10.0. The van der Waals surface area contributed by atoms with E-state index in [0.29, 0.717) is 23.8 Å². The molecule has 0 saturated carbocycles. The quantitative estimate of drug-likeness (QED) is 0.489. The van der Waals surface area contributed by atoms with Crippen LogP contribution in [0.3, 0.4) is 0 Å². The standard InChI is InChI=1S/C24H21N3O3/c1-29-18-13-11-17(12-14-18)22-25-23(30-26-22)21-10-5-15-27(21)24(28)20-9-4-7-16-6-2-3-8-19(16)20/h2-4,6-9,11-14,21H,5,10,15H2,1H3. The van der Waals surface area contributed by atoms with E-state index in [0.717, 1.165) is 34.9 Å². The Balaban J connectivity index is 1.44. The van der Waals surface area contributed by atoms with Gasteiger partial charge in [0.15, 0.2) is 0 Å². The molecule has 1 aliphatic heterocycles. The first kappa shape index (κ1) is 18.4. The topological polar surface area (TPSA) is 68.5 Å². The Labute approximate surface area is 174 Å². The second kappa shape index (κ2) is 7.63. The summed E-state index contributed by atoms with van der Waals surface area (Å²) >= 11 is 0. The molecule has 1 atom stereocenters. The molecule has 1 saturated heterocycles. The molecule has 6 heteroatoms. The van der Waals surface area contributed by atoms with Gasteiger partial charge in [-0.3, -0.25) is 4.79 Å². The van der Waals surface area contributed by atoms with Crippen LogP contribution < -0.4 is 4.74 Å². The summed E-state index contributed by atoms with van der Waals surface area (Å²) < 4.78 is 10.8. The van der Waals surface area contributed by atoms with Gasteiger partial charge in [-0.2, -0.15) is 4.98 Å². The van der Waals surface area contributed by atoms with E-state index in [4.69, 9.17) is 9.26 Å². The van der Waals surface area contributed by atoms with Crippen molar-refractivity contribution in [2.45, 2.75) is 18.9 Å². The molecule has 4 aromatic rings. The fourth-order valence-electron chi connectivity index (χ4n) is 4.06. The van der Waals surface area contributed by atoms with E-state index in [1.54, 1.807) is 7.11 Å². The second-order valence-electron chi connectivity index (χ2n) is 7.37. The third kappa shape index (κ3) is 3.20. The van der Waals surface area contributed by atoms with E-state index < -0.39 is 0 Å². The van der Waals surface area contributed by atoms with E-state index in [1.807, 2.05) is 71.6 Å². The van der Waals surface area contributed by atoms with Crippen molar-refractivity contribution in [2.24, 2.45) is 0 Å². The molecule has 150 valence electrons. The van der Waals surface area contributed by atoms with Crippen molar-refractivity contribution in [3.05, 3.63) is 78.2 Å². The molecule has 0 aliphatic carbocycles. The molecular weight excluding hydrogens is 378 g/mol. The molecule has 1 aromatic heterocycles. The molecule has 0 radical (unpaired) electrons. The van der Waals surface area contributed by atoms with Crippen molar-refractivity contribution in [3.63, 3.8) is 0 Å². The normalized spacial score (nSPS) is 16.2. The Morgan fingerprint density at radius 3 is 2.70 bits per heavy atom. The van der Waals surface area contributed by atoms with Gasteiger partial charge in [0, 0.05) is 17.7 Å². The maximum atomic E-state index is 13.4. The van der Waals surface area contributed by atoms with Gasteiger partial charge in [-0.05, 0) is 53.9 Å². The number of amides is 1. The van der Waals surface area contributed by atoms with Crippen LogP contribution in [0.2, 0.25) is 0 Å². The zero-order valence-electron chi connectivity index (χ0n) is 16.6. The smallest absolute Gasteiger partial charge is 0.255 e. The van der Waals surface area contributed by atoms with Gasteiger partial charge in [0.1, 0.15) is 11.8 Å². The lowest BCUT2D eigenvalue weighted by Crippen LogP contribution is -2.30. The van der Waals surface area contributed by atoms with E-state index in [-0.39, 0.29) is 11.9 Å². The summed E-state index contributed by atoms with van der Waals surface area (Å²) in [6.07, 6.45) is 1.71. The van der Waals surface area contributed by atoms with Crippen LogP contribution in [0.1, 0.15) is 35.1 Å². The zero-order valence-corrected chi connectivity index (χ0v) is 16.6. The highest BCUT2D eigenvalue weighted by atomic mass is 16.5. The van der Waals surface area contributed by atoms with E-state index in [9.17, 15) is 4.79 Å². The first-order valence-electron chi connectivity index (χ1n) is 10.0. The summed E-state index contributed by atoms with van der Waals surface area (Å²) in [5, 5.41) is 6.15. The second-order valence-corrected chi connectivity index (χ2v) is 7.37. The first-order valence-corrected chi connectivity index (χ1v) is 10.0. The number of hydrogen-bond acceptors (Lipinski definition) is 5. The average molecular weight is 399 g/mol. The van der Waals surface area contributed by atoms with Crippen molar-refractivity contribution in [1.82, 2.24) is 15.0 Å². The number of aromatic nitrogens is 2. The highest BCUT2D eigenvalue weighted by Crippen LogP contribution is 2.34. The van der Waals surface area contributed by atoms with E-state index >= 15 is 0 Å². The number of fused-ring (bicyclic) bond motifs is 1. The first-order chi connectivity index (χ1) is 14.7. The molecule has 3 aromatic carbocycles. The summed E-state index contributed by atoms with van der Waals surface area (Å²) in [6, 6.07) is 21.1. The van der Waals surface area contributed by atoms with Gasteiger partial charge in [-0.1, -0.05) is 41.6 Å². The summed E-state index contributed by atoms with van der Waals surface area (Å²) in [5.74, 6) is 1.76. The Kier molecular flexibility index (Phi) is 4.67. The van der Waals surface area contributed by atoms with Gasteiger partial charge >= 0.3 is 0 Å². The monoisotopic (exact) mass is 399 g/mol. The molecule has 30 heavy (non-hydrogen) atoms. The number of nitrogens with zero attached hydrogens (tertiary/aromatic N) is 3. The Morgan fingerprint density at radius 2 is 1.87 bits per heavy atom. The maximum Gasteiger partial charge on any atom is 0.255 e. The summed E-state index contributed by atoms with van der Waals surface area (Å²) in [6.45, 7) is 0.674. The number of methoxy groups -OCH3 is 1. The minimum absolute atomic E-state index is 0.00139. The van der Waals surface area contributed by atoms with Gasteiger partial charge in [0.2, 0.25) is 11.7 Å². The number of hydrogen-bond donors (Lipinski definition) is 0. The molecule has 1 aliphatic rings. The van der Waals surface area contributed by atoms with Crippen molar-refractivity contribution in [3.8, 4) is 17.1 Å². The van der Waals surface area contributed by atoms with Gasteiger partial charge in [-0.15, -0.1) is 0 Å². The van der Waals surface area contributed by atoms with Crippen LogP contribution in [0.15, 0.2) is 71.3 Å². The molecule has 2 heterocycles. The number of likely N-dealkylation sites (tertiary alicyclic amines) is 1. The molecule has 0 bridgehead atoms. The molecule has 6 nitrogen and oxygen atoms in total. The van der Waals surface area contributed by atoms with Crippen LogP contribution in [0.5, 0.6) is 5.75 Å². The lowest BCUT2D eigenvalue weighted by molar-refractivity contribution is 0.0712. The number of benzene rings is 3. The Bertz CT molecular complexity index is 1190. The van der Waals surface area contributed by atoms with Gasteiger partial charge < -0.3 is 14.2 Å². The van der Waals surface area contributed by atoms with Crippen molar-refractivity contribution < 1.29 is 14.1 Å². The number of rotatable bonds is 4. The minimum Gasteiger partial charge on any atom is -0.497 e. The van der Waals surface area contributed by atoms with Crippen LogP contribution in [0, 0.1) is 0 Å². The molecule has 5 rings (SSSR count). The number of carbonyl (C=O) groups is 1. The molecule has 0 spiro atoms. The maximum absolute atomic E-state index is 13.4. The Hall–Kier alpha value is -3.67. The van der Waals surface area contributed by atoms with E-state index in [1.165, 1.54) is 0 Å². The highest BCUT2D eigenvalue weighted by molar-refractivity contribution is 6.07. The molecular formula is C24H21N3O3. The van der Waals surface area contributed by atoms with Crippen LogP contribution in [-0.4, -0.2) is 34.6 Å². The minimum atomic E-state index is -0.212. The van der Waals surface area contributed by atoms with Gasteiger partial charge in [0.05, 0.1) is 7.11 Å². The van der Waals surface area contributed by atoms with Crippen molar-refractivity contribution in [2.75, 3.05) is 13.7 Å². The summed E-state index contributed by atoms with van der Waals surface area (Å²) in [5.41, 5.74) is 1.55. The predicted molar refractivity (Wildman–Crippen MR) is 113 cm³/mol. The van der Waals surface area contributed by atoms with Crippen LogP contribution in [0.25, 0.3) is 22.2 Å². The molecule has 1 unspecified atom stereocenters. The zero-order chi connectivity index (χ0) is 20.5. The molecule has 1 fully saturated rings. The largest absolute Gasteiger partial charge is 0.497 e. The van der Waals surface area contributed by atoms with Crippen LogP contribution >= 0.6 is 0 Å². The fraction of sp³-hybridized carbons (Fsp3) is 0.208. The molecule has 0 N–H and O–H groups in total. The van der Waals surface area contributed by atoms with Crippen molar-refractivity contribution in [1.29, 1.82) is 0 Å². The van der Waals surface area contributed by atoms with Gasteiger partial charge in [0.25, 0.3) is 5.91 Å². The predicted octanol–water partition coefficient (Wildman–Crippen LogP) is 4.88. The lowest BCUT2D eigenvalue weighted by Gasteiger charge is -2.22.